The van der Waals surface area contributed by atoms with Crippen LogP contribution in [0, 0.1) is 0 Å². The predicted molar refractivity (Wildman–Crippen MR) is 67.8 cm³/mol. The van der Waals surface area contributed by atoms with Gasteiger partial charge in [0.1, 0.15) is 5.69 Å². The van der Waals surface area contributed by atoms with E-state index in [1.54, 1.807) is 23.2 Å². The van der Waals surface area contributed by atoms with Crippen LogP contribution in [0.2, 0.25) is 0 Å². The molecule has 0 unspecified atom stereocenters. The number of pyridine rings is 1. The van der Waals surface area contributed by atoms with Gasteiger partial charge in [-0.1, -0.05) is 15.9 Å². The summed E-state index contributed by atoms with van der Waals surface area (Å²) in [6.07, 6.45) is 1.79. The molecule has 2 rings (SSSR count). The topological polar surface area (TPSA) is 42.4 Å². The molecule has 1 amide bonds. The summed E-state index contributed by atoms with van der Waals surface area (Å²) >= 11 is 3.34. The van der Waals surface area contributed by atoms with E-state index in [-0.39, 0.29) is 18.1 Å². The quantitative estimate of drug-likeness (QED) is 0.797. The summed E-state index contributed by atoms with van der Waals surface area (Å²) in [7, 11) is 0. The van der Waals surface area contributed by atoms with Crippen molar-refractivity contribution in [3.63, 3.8) is 0 Å². The average Bonchev–Trinajstić information content (AvgIpc) is 2.26. The average molecular weight is 299 g/mol. The maximum atomic E-state index is 12.2. The molecule has 0 bridgehead atoms. The van der Waals surface area contributed by atoms with E-state index >= 15 is 0 Å². The minimum absolute atomic E-state index is 0.0340. The molecule has 4 nitrogen and oxygen atoms in total. The smallest absolute Gasteiger partial charge is 0.272 e. The fourth-order valence-electron chi connectivity index (χ4n) is 2.03. The van der Waals surface area contributed by atoms with Crippen molar-refractivity contribution >= 4 is 21.8 Å². The molecule has 0 aliphatic carbocycles. The van der Waals surface area contributed by atoms with Crippen molar-refractivity contribution in [1.82, 2.24) is 9.88 Å². The molecule has 1 fully saturated rings. The van der Waals surface area contributed by atoms with Crippen molar-refractivity contribution in [2.24, 2.45) is 0 Å². The number of carbonyl (C=O) groups is 1. The molecular formula is C12H15BrN2O2. The van der Waals surface area contributed by atoms with Crippen LogP contribution < -0.4 is 0 Å². The van der Waals surface area contributed by atoms with Crippen LogP contribution in [0.5, 0.6) is 0 Å². The zero-order valence-corrected chi connectivity index (χ0v) is 11.5. The predicted octanol–water partition coefficient (Wildman–Crippen LogP) is 2.09. The SMILES string of the molecule is C[C@@H]1CN(C(=O)c2cc(Br)ccn2)C[C@H](C)O1. The first kappa shape index (κ1) is 12.5. The zero-order valence-electron chi connectivity index (χ0n) is 9.89. The summed E-state index contributed by atoms with van der Waals surface area (Å²) in [5.41, 5.74) is 0.473. The van der Waals surface area contributed by atoms with Crippen molar-refractivity contribution in [3.8, 4) is 0 Å². The second kappa shape index (κ2) is 5.14. The number of aromatic nitrogens is 1. The largest absolute Gasteiger partial charge is 0.372 e. The van der Waals surface area contributed by atoms with Crippen LogP contribution in [-0.4, -0.2) is 41.1 Å². The van der Waals surface area contributed by atoms with Crippen LogP contribution in [0.25, 0.3) is 0 Å². The van der Waals surface area contributed by atoms with E-state index < -0.39 is 0 Å². The molecule has 0 spiro atoms. The lowest BCUT2D eigenvalue weighted by Gasteiger charge is -2.35. The Labute approximate surface area is 109 Å². The minimum atomic E-state index is -0.0340. The summed E-state index contributed by atoms with van der Waals surface area (Å²) in [5, 5.41) is 0. The van der Waals surface area contributed by atoms with Crippen LogP contribution in [0.4, 0.5) is 0 Å². The van der Waals surface area contributed by atoms with E-state index in [4.69, 9.17) is 4.74 Å². The summed E-state index contributed by atoms with van der Waals surface area (Å²) in [6.45, 7) is 5.20. The van der Waals surface area contributed by atoms with E-state index in [1.807, 2.05) is 13.8 Å². The van der Waals surface area contributed by atoms with Crippen molar-refractivity contribution in [2.45, 2.75) is 26.1 Å². The second-order valence-corrected chi connectivity index (χ2v) is 5.24. The molecule has 1 saturated heterocycles. The molecule has 5 heteroatoms. The van der Waals surface area contributed by atoms with Crippen LogP contribution >= 0.6 is 15.9 Å². The van der Waals surface area contributed by atoms with Gasteiger partial charge >= 0.3 is 0 Å². The van der Waals surface area contributed by atoms with Crippen molar-refractivity contribution in [2.75, 3.05) is 13.1 Å². The first-order chi connectivity index (χ1) is 8.06. The fourth-order valence-corrected chi connectivity index (χ4v) is 2.36. The van der Waals surface area contributed by atoms with Crippen LogP contribution in [0.15, 0.2) is 22.8 Å². The summed E-state index contributed by atoms with van der Waals surface area (Å²) in [4.78, 5) is 18.1. The van der Waals surface area contributed by atoms with Gasteiger partial charge in [-0.05, 0) is 26.0 Å². The highest BCUT2D eigenvalue weighted by atomic mass is 79.9. The van der Waals surface area contributed by atoms with Crippen LogP contribution in [0.3, 0.4) is 0 Å². The number of rotatable bonds is 1. The molecule has 2 heterocycles. The normalized spacial score (nSPS) is 24.8. The Hall–Kier alpha value is -0.940. The summed E-state index contributed by atoms with van der Waals surface area (Å²) in [5.74, 6) is -0.0340. The standard InChI is InChI=1S/C12H15BrN2O2/c1-8-6-15(7-9(2)17-8)12(16)11-5-10(13)3-4-14-11/h3-5,8-9H,6-7H2,1-2H3/t8-,9+. The van der Waals surface area contributed by atoms with Crippen LogP contribution in [0.1, 0.15) is 24.3 Å². The fraction of sp³-hybridized carbons (Fsp3) is 0.500. The zero-order chi connectivity index (χ0) is 12.4. The van der Waals surface area contributed by atoms with Gasteiger partial charge in [0.15, 0.2) is 0 Å². The van der Waals surface area contributed by atoms with Gasteiger partial charge in [0.2, 0.25) is 0 Å². The lowest BCUT2D eigenvalue weighted by Crippen LogP contribution is -2.48. The summed E-state index contributed by atoms with van der Waals surface area (Å²) < 4.78 is 6.47. The van der Waals surface area contributed by atoms with Crippen molar-refractivity contribution in [1.29, 1.82) is 0 Å². The minimum Gasteiger partial charge on any atom is -0.372 e. The number of morpholine rings is 1. The molecule has 17 heavy (non-hydrogen) atoms. The van der Waals surface area contributed by atoms with Gasteiger partial charge in [-0.25, -0.2) is 0 Å². The maximum Gasteiger partial charge on any atom is 0.272 e. The third-order valence-electron chi connectivity index (χ3n) is 2.65. The summed E-state index contributed by atoms with van der Waals surface area (Å²) in [6, 6.07) is 3.55. The number of ether oxygens (including phenoxy) is 1. The van der Waals surface area contributed by atoms with Gasteiger partial charge in [-0.3, -0.25) is 9.78 Å². The first-order valence-corrected chi connectivity index (χ1v) is 6.42. The first-order valence-electron chi connectivity index (χ1n) is 5.62. The Balaban J connectivity index is 2.14. The molecule has 2 atom stereocenters. The Morgan fingerprint density at radius 1 is 1.47 bits per heavy atom. The second-order valence-electron chi connectivity index (χ2n) is 4.33. The van der Waals surface area contributed by atoms with Gasteiger partial charge in [-0.2, -0.15) is 0 Å². The van der Waals surface area contributed by atoms with E-state index in [1.165, 1.54) is 0 Å². The van der Waals surface area contributed by atoms with E-state index in [9.17, 15) is 4.79 Å². The Kier molecular flexibility index (Phi) is 3.79. The van der Waals surface area contributed by atoms with E-state index in [0.717, 1.165) is 4.47 Å². The molecule has 0 radical (unpaired) electrons. The number of halogens is 1. The monoisotopic (exact) mass is 298 g/mol. The molecule has 1 aromatic rings. The molecule has 1 aliphatic rings. The Bertz CT molecular complexity index is 415. The molecule has 1 aliphatic heterocycles. The highest BCUT2D eigenvalue weighted by Gasteiger charge is 2.27. The molecule has 0 aromatic carbocycles. The van der Waals surface area contributed by atoms with Crippen molar-refractivity contribution in [3.05, 3.63) is 28.5 Å². The van der Waals surface area contributed by atoms with Gasteiger partial charge in [-0.15, -0.1) is 0 Å². The van der Waals surface area contributed by atoms with Crippen LogP contribution in [-0.2, 0) is 4.74 Å². The van der Waals surface area contributed by atoms with Crippen molar-refractivity contribution < 1.29 is 9.53 Å². The highest BCUT2D eigenvalue weighted by Crippen LogP contribution is 2.15. The number of nitrogens with zero attached hydrogens (tertiary/aromatic N) is 2. The lowest BCUT2D eigenvalue weighted by molar-refractivity contribution is -0.0587. The maximum absolute atomic E-state index is 12.2. The van der Waals surface area contributed by atoms with E-state index in [2.05, 4.69) is 20.9 Å². The molecule has 0 N–H and O–H groups in total. The Morgan fingerprint density at radius 2 is 2.12 bits per heavy atom. The third-order valence-corrected chi connectivity index (χ3v) is 3.14. The Morgan fingerprint density at radius 3 is 2.71 bits per heavy atom. The number of hydrogen-bond acceptors (Lipinski definition) is 3. The molecule has 1 aromatic heterocycles. The van der Waals surface area contributed by atoms with E-state index in [0.29, 0.717) is 18.8 Å². The molecule has 92 valence electrons. The molecule has 0 saturated carbocycles. The number of carbonyl (C=O) groups excluding carboxylic acids is 1. The highest BCUT2D eigenvalue weighted by molar-refractivity contribution is 9.10. The molecular weight excluding hydrogens is 284 g/mol. The van der Waals surface area contributed by atoms with Gasteiger partial charge < -0.3 is 9.64 Å². The van der Waals surface area contributed by atoms with Gasteiger partial charge in [0.05, 0.1) is 12.2 Å². The lowest BCUT2D eigenvalue weighted by atomic mass is 10.2. The third kappa shape index (κ3) is 3.04. The van der Waals surface area contributed by atoms with Gasteiger partial charge in [0, 0.05) is 23.8 Å². The number of hydrogen-bond donors (Lipinski definition) is 0. The number of amides is 1. The van der Waals surface area contributed by atoms with Gasteiger partial charge in [0.25, 0.3) is 5.91 Å².